The number of anilines is 1. The lowest BCUT2D eigenvalue weighted by Crippen LogP contribution is -2.80. The highest BCUT2D eigenvalue weighted by Crippen LogP contribution is 2.38. The summed E-state index contributed by atoms with van der Waals surface area (Å²) >= 11 is 0. The van der Waals surface area contributed by atoms with E-state index in [0.29, 0.717) is 17.7 Å². The molecule has 7 heteroatoms. The molecule has 2 fully saturated rings. The lowest BCUT2D eigenvalue weighted by molar-refractivity contribution is -0.124. The van der Waals surface area contributed by atoms with Gasteiger partial charge in [-0.3, -0.25) is 10.0 Å². The van der Waals surface area contributed by atoms with Gasteiger partial charge in [0, 0.05) is 31.4 Å². The number of rotatable bonds is 2. The molecule has 2 atom stereocenters. The van der Waals surface area contributed by atoms with Gasteiger partial charge >= 0.3 is 0 Å². The zero-order valence-electron chi connectivity index (χ0n) is 14.3. The van der Waals surface area contributed by atoms with Gasteiger partial charge in [0.05, 0.1) is 17.7 Å². The molecule has 1 aromatic carbocycles. The highest BCUT2D eigenvalue weighted by molar-refractivity contribution is 5.96. The first-order valence-corrected chi connectivity index (χ1v) is 8.84. The molecule has 2 saturated heterocycles. The Hall–Kier alpha value is -2.67. The third-order valence-electron chi connectivity index (χ3n) is 5.29. The molecule has 0 radical (unpaired) electrons. The molecule has 0 saturated carbocycles. The van der Waals surface area contributed by atoms with E-state index < -0.39 is 5.91 Å². The molecular weight excluding hydrogens is 335 g/mol. The number of hydrogen-bond donors (Lipinski definition) is 2. The largest absolute Gasteiger partial charge is 0.362 e. The average Bonchev–Trinajstić information content (AvgIpc) is 2.76. The van der Waals surface area contributed by atoms with Crippen molar-refractivity contribution in [3.05, 3.63) is 54.0 Å². The number of nitrogens with one attached hydrogen (secondary N) is 1. The monoisotopic (exact) mass is 356 g/mol. The number of aliphatic imine (C=N–C) groups is 1. The van der Waals surface area contributed by atoms with E-state index in [4.69, 9.17) is 5.21 Å². The molecule has 3 aliphatic heterocycles. The van der Waals surface area contributed by atoms with Gasteiger partial charge in [0.15, 0.2) is 0 Å². The molecule has 0 aliphatic carbocycles. The lowest BCUT2D eigenvalue weighted by Gasteiger charge is -2.63. The number of carbonyl (C=O) groups is 1. The zero-order valence-corrected chi connectivity index (χ0v) is 14.3. The number of hydroxylamine groups is 1. The Labute approximate surface area is 151 Å². The van der Waals surface area contributed by atoms with Crippen LogP contribution in [-0.2, 0) is 4.79 Å². The van der Waals surface area contributed by atoms with Gasteiger partial charge in [-0.1, -0.05) is 12.2 Å². The summed E-state index contributed by atoms with van der Waals surface area (Å²) in [5.41, 5.74) is 3.04. The second-order valence-corrected chi connectivity index (χ2v) is 6.78. The van der Waals surface area contributed by atoms with Crippen molar-refractivity contribution in [1.82, 2.24) is 10.4 Å². The summed E-state index contributed by atoms with van der Waals surface area (Å²) in [4.78, 5) is 20.8. The van der Waals surface area contributed by atoms with E-state index in [2.05, 4.69) is 14.8 Å². The van der Waals surface area contributed by atoms with Gasteiger partial charge in [-0.25, -0.2) is 14.9 Å². The van der Waals surface area contributed by atoms with Crippen LogP contribution in [-0.4, -0.2) is 47.0 Å². The minimum Gasteiger partial charge on any atom is -0.362 e. The molecule has 0 aromatic heterocycles. The number of amides is 1. The summed E-state index contributed by atoms with van der Waals surface area (Å²) in [7, 11) is 0. The van der Waals surface area contributed by atoms with Crippen LogP contribution in [0, 0.1) is 5.82 Å². The number of fused-ring (bicyclic) bond motifs is 1. The average molecular weight is 356 g/mol. The van der Waals surface area contributed by atoms with Gasteiger partial charge in [-0.05, 0) is 37.1 Å². The third-order valence-corrected chi connectivity index (χ3v) is 5.29. The Morgan fingerprint density at radius 1 is 1.19 bits per heavy atom. The number of allylic oxidation sites excluding steroid dienone is 1. The Morgan fingerprint density at radius 3 is 2.62 bits per heavy atom. The molecule has 26 heavy (non-hydrogen) atoms. The predicted molar refractivity (Wildman–Crippen MR) is 96.5 cm³/mol. The Balaban J connectivity index is 1.45. The van der Waals surface area contributed by atoms with Gasteiger partial charge in [0.2, 0.25) is 0 Å². The topological polar surface area (TPSA) is 68.2 Å². The number of halogens is 1. The summed E-state index contributed by atoms with van der Waals surface area (Å²) in [6.07, 6.45) is 7.82. The Morgan fingerprint density at radius 2 is 1.92 bits per heavy atom. The molecule has 6 nitrogen and oxygen atoms in total. The summed E-state index contributed by atoms with van der Waals surface area (Å²) < 4.78 is 13.1. The Bertz CT molecular complexity index is 787. The number of piperazine rings is 1. The van der Waals surface area contributed by atoms with E-state index in [9.17, 15) is 9.18 Å². The number of nitrogens with zero attached hydrogens (tertiary/aromatic N) is 3. The minimum atomic E-state index is -0.557. The number of hydrogen-bond acceptors (Lipinski definition) is 5. The fourth-order valence-corrected chi connectivity index (χ4v) is 3.74. The second-order valence-electron chi connectivity index (χ2n) is 6.78. The van der Waals surface area contributed by atoms with E-state index in [1.165, 1.54) is 18.3 Å². The van der Waals surface area contributed by atoms with Crippen LogP contribution in [0.2, 0.25) is 0 Å². The maximum atomic E-state index is 13.1. The van der Waals surface area contributed by atoms with Crippen LogP contribution in [0.1, 0.15) is 19.3 Å². The molecule has 3 aliphatic rings. The van der Waals surface area contributed by atoms with E-state index >= 15 is 0 Å². The first-order chi connectivity index (χ1) is 12.7. The van der Waals surface area contributed by atoms with Gasteiger partial charge in [-0.2, -0.15) is 0 Å². The quantitative estimate of drug-likeness (QED) is 0.630. The van der Waals surface area contributed by atoms with Crippen molar-refractivity contribution in [2.45, 2.75) is 31.3 Å². The summed E-state index contributed by atoms with van der Waals surface area (Å²) in [5.74, 6) is 0.208. The SMILES string of the molecule is O=C(NO)C1=C/N=C(N2CC3[C@H]2CN3c2ccc(F)cc2)CCC/C=C\1. The van der Waals surface area contributed by atoms with E-state index in [-0.39, 0.29) is 5.82 Å². The van der Waals surface area contributed by atoms with Crippen molar-refractivity contribution in [2.24, 2.45) is 4.99 Å². The molecule has 0 spiro atoms. The number of amidine groups is 1. The van der Waals surface area contributed by atoms with Crippen molar-refractivity contribution < 1.29 is 14.4 Å². The van der Waals surface area contributed by atoms with Crippen molar-refractivity contribution in [2.75, 3.05) is 18.0 Å². The molecule has 4 rings (SSSR count). The minimum absolute atomic E-state index is 0.218. The fraction of sp³-hybridized carbons (Fsp3) is 0.368. The van der Waals surface area contributed by atoms with Crippen LogP contribution in [0.4, 0.5) is 10.1 Å². The van der Waals surface area contributed by atoms with E-state index in [1.54, 1.807) is 11.6 Å². The summed E-state index contributed by atoms with van der Waals surface area (Å²) in [6, 6.07) is 7.47. The first-order valence-electron chi connectivity index (χ1n) is 8.84. The smallest absolute Gasteiger partial charge is 0.276 e. The van der Waals surface area contributed by atoms with E-state index in [1.807, 2.05) is 18.2 Å². The Kier molecular flexibility index (Phi) is 4.46. The van der Waals surface area contributed by atoms with Gasteiger partial charge in [0.1, 0.15) is 11.7 Å². The highest BCUT2D eigenvalue weighted by atomic mass is 19.1. The molecular formula is C19H21FN4O2. The van der Waals surface area contributed by atoms with E-state index in [0.717, 1.165) is 43.9 Å². The highest BCUT2D eigenvalue weighted by Gasteiger charge is 2.52. The van der Waals surface area contributed by atoms with Crippen LogP contribution >= 0.6 is 0 Å². The molecule has 1 amide bonds. The maximum Gasteiger partial charge on any atom is 0.276 e. The van der Waals surface area contributed by atoms with Crippen molar-refractivity contribution in [3.63, 3.8) is 0 Å². The third kappa shape index (κ3) is 2.99. The van der Waals surface area contributed by atoms with Crippen molar-refractivity contribution in [1.29, 1.82) is 0 Å². The lowest BCUT2D eigenvalue weighted by atomic mass is 9.84. The van der Waals surface area contributed by atoms with Gasteiger partial charge < -0.3 is 9.80 Å². The van der Waals surface area contributed by atoms with Gasteiger partial charge in [0.25, 0.3) is 5.91 Å². The number of carbonyl (C=O) groups excluding carboxylic acids is 1. The normalized spacial score (nSPS) is 28.1. The van der Waals surface area contributed by atoms with Crippen LogP contribution < -0.4 is 10.4 Å². The summed E-state index contributed by atoms with van der Waals surface area (Å²) in [5, 5.41) is 8.83. The standard InChI is InChI=1S/C19H21FN4O2/c20-14-6-8-15(9-7-14)23-11-17-16(23)12-24(17)18-5-3-1-2-4-13(10-21-18)19(25)22-26/h2,4,6-10,16-17,26H,1,3,5,11-12H2,(H,22,25)/b4-2-,13-10+,21-18?/t16?,17-/m1/s1. The van der Waals surface area contributed by atoms with Crippen LogP contribution in [0.25, 0.3) is 0 Å². The number of benzene rings is 1. The van der Waals surface area contributed by atoms with Crippen molar-refractivity contribution >= 4 is 17.4 Å². The van der Waals surface area contributed by atoms with Crippen LogP contribution in [0.5, 0.6) is 0 Å². The first kappa shape index (κ1) is 16.8. The zero-order chi connectivity index (χ0) is 18.1. The van der Waals surface area contributed by atoms with Crippen LogP contribution in [0.15, 0.2) is 53.2 Å². The molecule has 1 unspecified atom stereocenters. The molecule has 136 valence electrons. The predicted octanol–water partition coefficient (Wildman–Crippen LogP) is 2.23. The molecule has 0 bridgehead atoms. The summed E-state index contributed by atoms with van der Waals surface area (Å²) in [6.45, 7) is 1.77. The number of likely N-dealkylation sites (tertiary alicyclic amines) is 1. The second kappa shape index (κ2) is 6.92. The van der Waals surface area contributed by atoms with Gasteiger partial charge in [-0.15, -0.1) is 0 Å². The maximum absolute atomic E-state index is 13.1. The fourth-order valence-electron chi connectivity index (χ4n) is 3.74. The molecule has 1 aromatic rings. The molecule has 2 N–H and O–H groups in total. The molecule has 3 heterocycles. The van der Waals surface area contributed by atoms with Crippen LogP contribution in [0.3, 0.4) is 0 Å². The van der Waals surface area contributed by atoms with Crippen molar-refractivity contribution in [3.8, 4) is 0 Å².